The predicted octanol–water partition coefficient (Wildman–Crippen LogP) is 1.07. The zero-order valence-electron chi connectivity index (χ0n) is 8.32. The summed E-state index contributed by atoms with van der Waals surface area (Å²) < 4.78 is 20.7. The van der Waals surface area contributed by atoms with Crippen molar-refractivity contribution >= 4 is 11.9 Å². The van der Waals surface area contributed by atoms with Crippen LogP contribution in [0.4, 0.5) is 4.39 Å². The average Bonchev–Trinajstić information content (AvgIpc) is 2.17. The van der Waals surface area contributed by atoms with Crippen LogP contribution in [0.3, 0.4) is 0 Å². The highest BCUT2D eigenvalue weighted by Crippen LogP contribution is 2.16. The van der Waals surface area contributed by atoms with Crippen LogP contribution in [-0.4, -0.2) is 26.2 Å². The maximum atomic E-state index is 11.9. The second kappa shape index (κ2) is 6.12. The zero-order valence-corrected chi connectivity index (χ0v) is 8.32. The molecular weight excluding hydrogens is 191 g/mol. The Morgan fingerprint density at radius 3 is 1.93 bits per heavy atom. The molecule has 0 spiro atoms. The molecule has 0 aliphatic carbocycles. The fourth-order valence-corrected chi connectivity index (χ4v) is 1.01. The molecule has 4 nitrogen and oxygen atoms in total. The van der Waals surface area contributed by atoms with Crippen LogP contribution < -0.4 is 0 Å². The van der Waals surface area contributed by atoms with Crippen molar-refractivity contribution in [1.82, 2.24) is 0 Å². The molecule has 0 N–H and O–H groups in total. The van der Waals surface area contributed by atoms with Crippen LogP contribution in [0.1, 0.15) is 6.92 Å². The first kappa shape index (κ1) is 12.6. The van der Waals surface area contributed by atoms with Gasteiger partial charge in [0.2, 0.25) is 0 Å². The van der Waals surface area contributed by atoms with Crippen LogP contribution in [0.15, 0.2) is 12.4 Å². The van der Waals surface area contributed by atoms with E-state index in [9.17, 15) is 14.0 Å². The molecule has 1 unspecified atom stereocenters. The lowest BCUT2D eigenvalue weighted by Gasteiger charge is -2.15. The molecule has 0 radical (unpaired) electrons. The van der Waals surface area contributed by atoms with E-state index in [1.165, 1.54) is 6.92 Å². The third kappa shape index (κ3) is 3.16. The Hall–Kier alpha value is -1.39. The highest BCUT2D eigenvalue weighted by atomic mass is 19.1. The van der Waals surface area contributed by atoms with Crippen LogP contribution in [0.25, 0.3) is 0 Å². The Labute approximate surface area is 81.7 Å². The molecule has 0 fully saturated rings. The van der Waals surface area contributed by atoms with E-state index in [0.717, 1.165) is 20.3 Å². The van der Waals surface area contributed by atoms with Gasteiger partial charge in [-0.25, -0.2) is 4.39 Å². The topological polar surface area (TPSA) is 52.6 Å². The summed E-state index contributed by atoms with van der Waals surface area (Å²) in [5, 5.41) is 0. The van der Waals surface area contributed by atoms with Crippen LogP contribution in [0.2, 0.25) is 0 Å². The number of hydrogen-bond acceptors (Lipinski definition) is 4. The zero-order chi connectivity index (χ0) is 11.1. The Kier molecular flexibility index (Phi) is 5.52. The summed E-state index contributed by atoms with van der Waals surface area (Å²) in [5.41, 5.74) is 0. The number of carbonyl (C=O) groups is 2. The fourth-order valence-electron chi connectivity index (χ4n) is 1.01. The van der Waals surface area contributed by atoms with Crippen molar-refractivity contribution in [2.24, 2.45) is 11.8 Å². The molecule has 0 heterocycles. The van der Waals surface area contributed by atoms with Crippen molar-refractivity contribution < 1.29 is 23.5 Å². The van der Waals surface area contributed by atoms with Crippen molar-refractivity contribution in [1.29, 1.82) is 0 Å². The second-order valence-corrected chi connectivity index (χ2v) is 2.70. The van der Waals surface area contributed by atoms with Gasteiger partial charge in [0.1, 0.15) is 0 Å². The summed E-state index contributed by atoms with van der Waals surface area (Å²) in [4.78, 5) is 22.3. The summed E-state index contributed by atoms with van der Waals surface area (Å²) in [6.07, 6.45) is 1.38. The van der Waals surface area contributed by atoms with Gasteiger partial charge in [-0.2, -0.15) is 0 Å². The van der Waals surface area contributed by atoms with Gasteiger partial charge in [-0.1, -0.05) is 13.0 Å². The summed E-state index contributed by atoms with van der Waals surface area (Å²) in [6, 6.07) is 0. The lowest BCUT2D eigenvalue weighted by Crippen LogP contribution is -2.31. The van der Waals surface area contributed by atoms with E-state index in [1.807, 2.05) is 0 Å². The highest BCUT2D eigenvalue weighted by molar-refractivity contribution is 5.95. The smallest absolute Gasteiger partial charge is 0.320 e. The van der Waals surface area contributed by atoms with Gasteiger partial charge in [-0.05, 0) is 0 Å². The van der Waals surface area contributed by atoms with Crippen molar-refractivity contribution in [2.75, 3.05) is 14.2 Å². The second-order valence-electron chi connectivity index (χ2n) is 2.70. The minimum absolute atomic E-state index is 0.281. The van der Waals surface area contributed by atoms with E-state index < -0.39 is 23.8 Å². The summed E-state index contributed by atoms with van der Waals surface area (Å²) in [6.45, 7) is 1.52. The molecule has 0 aromatic carbocycles. The molecule has 0 bridgehead atoms. The molecule has 0 saturated carbocycles. The fraction of sp³-hybridized carbons (Fsp3) is 0.556. The number of ether oxygens (including phenoxy) is 2. The first-order valence-electron chi connectivity index (χ1n) is 4.01. The number of esters is 2. The molecule has 0 aliphatic heterocycles. The average molecular weight is 204 g/mol. The Balaban J connectivity index is 4.71. The number of methoxy groups -OCH3 is 2. The first-order chi connectivity index (χ1) is 6.58. The van der Waals surface area contributed by atoms with Gasteiger partial charge in [-0.3, -0.25) is 9.59 Å². The Bertz CT molecular complexity index is 221. The molecule has 14 heavy (non-hydrogen) atoms. The summed E-state index contributed by atoms with van der Waals surface area (Å²) in [7, 11) is 2.31. The maximum absolute atomic E-state index is 11.9. The van der Waals surface area contributed by atoms with E-state index in [0.29, 0.717) is 0 Å². The molecule has 0 aromatic rings. The van der Waals surface area contributed by atoms with Gasteiger partial charge in [0.05, 0.1) is 20.5 Å². The summed E-state index contributed by atoms with van der Waals surface area (Å²) in [5.74, 6) is -3.18. The molecule has 0 aromatic heterocycles. The van der Waals surface area contributed by atoms with E-state index in [-0.39, 0.29) is 6.33 Å². The molecule has 80 valence electrons. The SMILES string of the molecule is COC(=O)C(C(=O)OC)C(C)/C=C\F. The van der Waals surface area contributed by atoms with Crippen LogP contribution >= 0.6 is 0 Å². The van der Waals surface area contributed by atoms with Crippen LogP contribution in [-0.2, 0) is 19.1 Å². The number of rotatable bonds is 4. The first-order valence-corrected chi connectivity index (χ1v) is 4.01. The number of hydrogen-bond donors (Lipinski definition) is 0. The molecule has 0 aliphatic rings. The lowest BCUT2D eigenvalue weighted by atomic mass is 9.94. The Morgan fingerprint density at radius 1 is 1.21 bits per heavy atom. The summed E-state index contributed by atoms with van der Waals surface area (Å²) >= 11 is 0. The largest absolute Gasteiger partial charge is 0.468 e. The molecule has 0 rings (SSSR count). The minimum atomic E-state index is -1.11. The van der Waals surface area contributed by atoms with Crippen molar-refractivity contribution in [3.05, 3.63) is 12.4 Å². The number of halogens is 1. The lowest BCUT2D eigenvalue weighted by molar-refractivity contribution is -0.160. The number of carbonyl (C=O) groups excluding carboxylic acids is 2. The third-order valence-electron chi connectivity index (χ3n) is 1.81. The molecule has 5 heteroatoms. The van der Waals surface area contributed by atoms with Gasteiger partial charge >= 0.3 is 11.9 Å². The number of allylic oxidation sites excluding steroid dienone is 1. The van der Waals surface area contributed by atoms with Gasteiger partial charge in [0, 0.05) is 5.92 Å². The Morgan fingerprint density at radius 2 is 1.64 bits per heavy atom. The van der Waals surface area contributed by atoms with Crippen molar-refractivity contribution in [3.8, 4) is 0 Å². The monoisotopic (exact) mass is 204 g/mol. The molecule has 1 atom stereocenters. The van der Waals surface area contributed by atoms with E-state index in [1.54, 1.807) is 0 Å². The van der Waals surface area contributed by atoms with Gasteiger partial charge in [0.15, 0.2) is 5.92 Å². The van der Waals surface area contributed by atoms with Gasteiger partial charge in [-0.15, -0.1) is 0 Å². The van der Waals surface area contributed by atoms with Crippen LogP contribution in [0, 0.1) is 11.8 Å². The van der Waals surface area contributed by atoms with Crippen molar-refractivity contribution in [3.63, 3.8) is 0 Å². The van der Waals surface area contributed by atoms with Gasteiger partial charge < -0.3 is 9.47 Å². The van der Waals surface area contributed by atoms with Gasteiger partial charge in [0.25, 0.3) is 0 Å². The van der Waals surface area contributed by atoms with E-state index >= 15 is 0 Å². The molecular formula is C9H13FO4. The normalized spacial score (nSPS) is 12.9. The quantitative estimate of drug-likeness (QED) is 0.507. The van der Waals surface area contributed by atoms with E-state index in [4.69, 9.17) is 0 Å². The maximum Gasteiger partial charge on any atom is 0.320 e. The third-order valence-corrected chi connectivity index (χ3v) is 1.81. The minimum Gasteiger partial charge on any atom is -0.468 e. The van der Waals surface area contributed by atoms with Crippen LogP contribution in [0.5, 0.6) is 0 Å². The molecule has 0 amide bonds. The highest BCUT2D eigenvalue weighted by Gasteiger charge is 2.32. The van der Waals surface area contributed by atoms with E-state index in [2.05, 4.69) is 9.47 Å². The van der Waals surface area contributed by atoms with Crippen molar-refractivity contribution in [2.45, 2.75) is 6.92 Å². The standard InChI is InChI=1S/C9H13FO4/c1-6(4-5-10)7(8(11)13-2)9(12)14-3/h4-7H,1-3H3/b5-4-. The predicted molar refractivity (Wildman–Crippen MR) is 46.9 cm³/mol. The molecule has 0 saturated heterocycles.